The predicted molar refractivity (Wildman–Crippen MR) is 99.5 cm³/mol. The number of ether oxygens (including phenoxy) is 2. The summed E-state index contributed by atoms with van der Waals surface area (Å²) in [5, 5.41) is 0.848. The number of hydrogen-bond donors (Lipinski definition) is 1. The normalized spacial score (nSPS) is 10.8. The fourth-order valence-corrected chi connectivity index (χ4v) is 3.51. The van der Waals surface area contributed by atoms with Gasteiger partial charge in [-0.15, -0.1) is 0 Å². The van der Waals surface area contributed by atoms with Crippen LogP contribution in [0.25, 0.3) is 11.0 Å². The van der Waals surface area contributed by atoms with Gasteiger partial charge in [-0.25, -0.2) is 4.98 Å². The molecule has 0 unspecified atom stereocenters. The van der Waals surface area contributed by atoms with Gasteiger partial charge in [0.25, 0.3) is 0 Å². The molecule has 0 saturated heterocycles. The van der Waals surface area contributed by atoms with Gasteiger partial charge in [0.15, 0.2) is 5.16 Å². The Balaban J connectivity index is 1.89. The number of fused-ring (bicyclic) bond motifs is 1. The van der Waals surface area contributed by atoms with Crippen molar-refractivity contribution in [1.82, 2.24) is 9.97 Å². The number of nitrogens with zero attached hydrogens (tertiary/aromatic N) is 2. The Kier molecular flexibility index (Phi) is 4.85. The van der Waals surface area contributed by atoms with E-state index in [-0.39, 0.29) is 0 Å². The highest BCUT2D eigenvalue weighted by Gasteiger charge is 2.14. The van der Waals surface area contributed by atoms with E-state index in [1.54, 1.807) is 26.0 Å². The summed E-state index contributed by atoms with van der Waals surface area (Å²) in [5.74, 6) is 2.33. The van der Waals surface area contributed by atoms with Crippen molar-refractivity contribution in [3.05, 3.63) is 42.0 Å². The van der Waals surface area contributed by atoms with Crippen molar-refractivity contribution >= 4 is 28.5 Å². The zero-order valence-corrected chi connectivity index (χ0v) is 15.1. The lowest BCUT2D eigenvalue weighted by atomic mass is 10.2. The summed E-state index contributed by atoms with van der Waals surface area (Å²) in [6, 6.07) is 12.1. The smallest absolute Gasteiger partial charge is 0.166 e. The van der Waals surface area contributed by atoms with Gasteiger partial charge in [0.2, 0.25) is 0 Å². The Bertz CT molecular complexity index is 804. The Labute approximate surface area is 146 Å². The third-order valence-electron chi connectivity index (χ3n) is 3.83. The molecule has 0 aliphatic rings. The van der Waals surface area contributed by atoms with Crippen LogP contribution in [0, 0.1) is 0 Å². The summed E-state index contributed by atoms with van der Waals surface area (Å²) < 4.78 is 10.8. The summed E-state index contributed by atoms with van der Waals surface area (Å²) in [7, 11) is 7.42. The summed E-state index contributed by atoms with van der Waals surface area (Å²) >= 11 is 1.66. The van der Waals surface area contributed by atoms with Gasteiger partial charge < -0.3 is 19.4 Å². The number of methoxy groups -OCH3 is 2. The highest BCUT2D eigenvalue weighted by molar-refractivity contribution is 7.98. The van der Waals surface area contributed by atoms with Crippen LogP contribution >= 0.6 is 11.8 Å². The van der Waals surface area contributed by atoms with Crippen molar-refractivity contribution in [2.24, 2.45) is 0 Å². The van der Waals surface area contributed by atoms with Crippen molar-refractivity contribution < 1.29 is 9.47 Å². The molecule has 0 spiro atoms. The van der Waals surface area contributed by atoms with Crippen LogP contribution in [0.15, 0.2) is 41.6 Å². The van der Waals surface area contributed by atoms with Crippen molar-refractivity contribution in [2.45, 2.75) is 10.9 Å². The van der Waals surface area contributed by atoms with Crippen LogP contribution < -0.4 is 14.4 Å². The van der Waals surface area contributed by atoms with E-state index in [1.807, 2.05) is 12.1 Å². The molecule has 3 aromatic rings. The molecule has 24 heavy (non-hydrogen) atoms. The molecule has 0 aliphatic carbocycles. The minimum absolute atomic E-state index is 0.739. The zero-order chi connectivity index (χ0) is 17.1. The number of aromatic nitrogens is 2. The lowest BCUT2D eigenvalue weighted by Gasteiger charge is -2.16. The molecule has 6 heteroatoms. The summed E-state index contributed by atoms with van der Waals surface area (Å²) in [5.41, 5.74) is 4.14. The Morgan fingerprint density at radius 3 is 2.46 bits per heavy atom. The van der Waals surface area contributed by atoms with Crippen LogP contribution in [0.1, 0.15) is 5.56 Å². The second-order valence-electron chi connectivity index (χ2n) is 5.55. The van der Waals surface area contributed by atoms with Gasteiger partial charge in [0.05, 0.1) is 14.2 Å². The van der Waals surface area contributed by atoms with Gasteiger partial charge in [-0.2, -0.15) is 0 Å². The molecular weight excluding hydrogens is 322 g/mol. The van der Waals surface area contributed by atoms with Crippen LogP contribution in [0.5, 0.6) is 11.5 Å². The van der Waals surface area contributed by atoms with Gasteiger partial charge in [-0.05, 0) is 23.8 Å². The molecule has 0 aliphatic heterocycles. The predicted octanol–water partition coefficient (Wildman–Crippen LogP) is 3.94. The minimum Gasteiger partial charge on any atom is -0.494 e. The number of H-pyrrole nitrogens is 1. The molecule has 3 rings (SSSR count). The third-order valence-corrected chi connectivity index (χ3v) is 4.75. The lowest BCUT2D eigenvalue weighted by molar-refractivity contribution is 0.409. The molecule has 1 aromatic heterocycles. The van der Waals surface area contributed by atoms with E-state index in [0.29, 0.717) is 0 Å². The molecule has 1 N–H and O–H groups in total. The van der Waals surface area contributed by atoms with E-state index >= 15 is 0 Å². The van der Waals surface area contributed by atoms with Crippen molar-refractivity contribution in [3.8, 4) is 11.5 Å². The standard InChI is InChI=1S/C18H21N3O2S/c1-21(2)13-8-6-5-7-12(13)11-24-18-19-16-14(22-3)9-10-15(23-4)17(16)20-18/h5-10H,11H2,1-4H3,(H,19,20). The lowest BCUT2D eigenvalue weighted by Crippen LogP contribution is -2.10. The number of rotatable bonds is 6. The van der Waals surface area contributed by atoms with Crippen LogP contribution in [0.3, 0.4) is 0 Å². The maximum absolute atomic E-state index is 5.41. The summed E-state index contributed by atoms with van der Waals surface area (Å²) in [6.07, 6.45) is 0. The zero-order valence-electron chi connectivity index (χ0n) is 14.3. The number of para-hydroxylation sites is 1. The molecule has 1 heterocycles. The number of imidazole rings is 1. The first-order chi connectivity index (χ1) is 11.6. The molecular formula is C18H21N3O2S. The Hall–Kier alpha value is -2.34. The molecule has 5 nitrogen and oxygen atoms in total. The Morgan fingerprint density at radius 1 is 1.04 bits per heavy atom. The average Bonchev–Trinajstić information content (AvgIpc) is 3.03. The molecule has 0 saturated carbocycles. The van der Waals surface area contributed by atoms with E-state index in [9.17, 15) is 0 Å². The molecule has 0 radical (unpaired) electrons. The summed E-state index contributed by atoms with van der Waals surface area (Å²) in [6.45, 7) is 0. The van der Waals surface area contributed by atoms with E-state index in [2.05, 4.69) is 53.2 Å². The number of anilines is 1. The number of nitrogens with one attached hydrogen (secondary N) is 1. The molecule has 0 amide bonds. The van der Waals surface area contributed by atoms with Gasteiger partial charge in [0, 0.05) is 25.5 Å². The highest BCUT2D eigenvalue weighted by atomic mass is 32.2. The van der Waals surface area contributed by atoms with Crippen LogP contribution in [0.4, 0.5) is 5.69 Å². The first-order valence-electron chi connectivity index (χ1n) is 7.62. The topological polar surface area (TPSA) is 50.4 Å². The highest BCUT2D eigenvalue weighted by Crippen LogP contribution is 2.34. The van der Waals surface area contributed by atoms with Gasteiger partial charge in [-0.3, -0.25) is 0 Å². The number of aromatic amines is 1. The van der Waals surface area contributed by atoms with E-state index in [1.165, 1.54) is 11.3 Å². The van der Waals surface area contributed by atoms with Gasteiger partial charge in [-0.1, -0.05) is 30.0 Å². The first kappa shape index (κ1) is 16.5. The number of benzene rings is 2. The van der Waals surface area contributed by atoms with Crippen LogP contribution in [-0.4, -0.2) is 38.3 Å². The largest absolute Gasteiger partial charge is 0.494 e. The van der Waals surface area contributed by atoms with E-state index < -0.39 is 0 Å². The van der Waals surface area contributed by atoms with Gasteiger partial charge in [0.1, 0.15) is 22.5 Å². The van der Waals surface area contributed by atoms with E-state index in [4.69, 9.17) is 9.47 Å². The molecule has 0 bridgehead atoms. The SMILES string of the molecule is COc1ccc(OC)c2[nH]c(SCc3ccccc3N(C)C)nc12. The van der Waals surface area contributed by atoms with Crippen molar-refractivity contribution in [1.29, 1.82) is 0 Å². The molecule has 0 atom stereocenters. The Morgan fingerprint density at radius 2 is 1.75 bits per heavy atom. The average molecular weight is 343 g/mol. The maximum atomic E-state index is 5.41. The van der Waals surface area contributed by atoms with Gasteiger partial charge >= 0.3 is 0 Å². The van der Waals surface area contributed by atoms with Crippen molar-refractivity contribution in [3.63, 3.8) is 0 Å². The second-order valence-corrected chi connectivity index (χ2v) is 6.51. The number of hydrogen-bond acceptors (Lipinski definition) is 5. The fourth-order valence-electron chi connectivity index (χ4n) is 2.64. The van der Waals surface area contributed by atoms with E-state index in [0.717, 1.165) is 33.4 Å². The fraction of sp³-hybridized carbons (Fsp3) is 0.278. The molecule has 0 fully saturated rings. The first-order valence-corrected chi connectivity index (χ1v) is 8.61. The van der Waals surface area contributed by atoms with Crippen LogP contribution in [-0.2, 0) is 5.75 Å². The molecule has 126 valence electrons. The van der Waals surface area contributed by atoms with Crippen LogP contribution in [0.2, 0.25) is 0 Å². The monoisotopic (exact) mass is 343 g/mol. The molecule has 2 aromatic carbocycles. The van der Waals surface area contributed by atoms with Crippen molar-refractivity contribution in [2.75, 3.05) is 33.2 Å². The second kappa shape index (κ2) is 7.05. The number of thioether (sulfide) groups is 1. The maximum Gasteiger partial charge on any atom is 0.166 e. The summed E-state index contributed by atoms with van der Waals surface area (Å²) in [4.78, 5) is 10.1. The quantitative estimate of drug-likeness (QED) is 0.687. The minimum atomic E-state index is 0.739. The third kappa shape index (κ3) is 3.14.